The first kappa shape index (κ1) is 60.2. The number of nitrogens with zero attached hydrogens (tertiary/aromatic N) is 4. The van der Waals surface area contributed by atoms with Crippen molar-refractivity contribution in [3.8, 4) is 78.4 Å². The summed E-state index contributed by atoms with van der Waals surface area (Å²) in [6, 6.07) is 132. The van der Waals surface area contributed by atoms with E-state index in [-0.39, 0.29) is 5.92 Å². The van der Waals surface area contributed by atoms with E-state index in [9.17, 15) is 0 Å². The summed E-state index contributed by atoms with van der Waals surface area (Å²) in [4.78, 5) is 0. The lowest BCUT2D eigenvalue weighted by Crippen LogP contribution is -2.07. The van der Waals surface area contributed by atoms with E-state index in [2.05, 4.69) is 364 Å². The summed E-state index contributed by atoms with van der Waals surface area (Å²) in [5.41, 5.74) is 32.0. The van der Waals surface area contributed by atoms with E-state index in [1.165, 1.54) is 138 Å². The fourth-order valence-electron chi connectivity index (χ4n) is 18.1. The summed E-state index contributed by atoms with van der Waals surface area (Å²) in [7, 11) is 0. The van der Waals surface area contributed by atoms with Crippen LogP contribution in [0.4, 0.5) is 0 Å². The van der Waals surface area contributed by atoms with Gasteiger partial charge in [0.2, 0.25) is 0 Å². The van der Waals surface area contributed by atoms with Crippen molar-refractivity contribution in [1.82, 2.24) is 18.3 Å². The van der Waals surface area contributed by atoms with Crippen LogP contribution in [0.1, 0.15) is 22.7 Å². The molecule has 6 nitrogen and oxygen atoms in total. The summed E-state index contributed by atoms with van der Waals surface area (Å²) < 4.78 is 22.2. The summed E-state index contributed by atoms with van der Waals surface area (Å²) in [5.74, 6) is 0.184. The number of para-hydroxylation sites is 6. The molecular weight excluding hydrogens is 1310 g/mol. The lowest BCUT2D eigenvalue weighted by Gasteiger charge is -2.20. The first-order chi connectivity index (χ1) is 53.5. The van der Waals surface area contributed by atoms with Crippen LogP contribution in [0.3, 0.4) is 0 Å². The number of hydrogen-bond donors (Lipinski definition) is 0. The van der Waals surface area contributed by atoms with Gasteiger partial charge in [0, 0.05) is 93.6 Å². The summed E-state index contributed by atoms with van der Waals surface area (Å²) >= 11 is 0. The average molecular weight is 1380 g/mol. The van der Waals surface area contributed by atoms with Gasteiger partial charge in [0.25, 0.3) is 0 Å². The number of benzene rings is 16. The standard InChI is InChI=1S/C102H64N4O2/c1-7-34-91-79(28-1)85-55-69(40-46-95(85)103(91)75-24-16-26-77(61-75)105-93-36-9-3-30-81(93)87-57-71(42-48-97(87)105)65-20-14-22-67(53-65)73-44-50-101-89(59-73)83-32-5-11-38-99(83)107-101)63-18-13-19-64(52-63)70-41-47-96-86(56-70)80-29-2-8-35-92(80)104(96)76-25-17-27-78(62-76)106-94-37-10-4-31-82(94)88-58-72(43-49-98(88)106)66-21-15-23-68(54-66)74-45-51-102-90(60-74)84-33-6-12-39-100(84)108-102/h1-55,57-62,70H,56H2. The second kappa shape index (κ2) is 23.7. The molecule has 0 radical (unpaired) electrons. The van der Waals surface area contributed by atoms with E-state index < -0.39 is 0 Å². The van der Waals surface area contributed by atoms with Crippen LogP contribution in [0.25, 0.3) is 205 Å². The summed E-state index contributed by atoms with van der Waals surface area (Å²) in [5, 5.41) is 13.2. The van der Waals surface area contributed by atoms with E-state index in [4.69, 9.17) is 8.83 Å². The molecule has 6 heterocycles. The maximum atomic E-state index is 6.19. The van der Waals surface area contributed by atoms with Gasteiger partial charge in [0.05, 0.1) is 38.6 Å². The molecule has 0 bridgehead atoms. The topological polar surface area (TPSA) is 46.0 Å². The Morgan fingerprint density at radius 3 is 0.972 bits per heavy atom. The molecule has 0 N–H and O–H groups in total. The predicted molar refractivity (Wildman–Crippen MR) is 450 cm³/mol. The number of allylic oxidation sites excluding steroid dienone is 1. The van der Waals surface area contributed by atoms with Crippen molar-refractivity contribution in [2.75, 3.05) is 0 Å². The van der Waals surface area contributed by atoms with Crippen molar-refractivity contribution in [3.05, 3.63) is 381 Å². The highest BCUT2D eigenvalue weighted by Crippen LogP contribution is 2.45. The maximum Gasteiger partial charge on any atom is 0.135 e. The molecule has 1 aliphatic carbocycles. The molecular formula is C102H64N4O2. The minimum absolute atomic E-state index is 0.184. The van der Waals surface area contributed by atoms with Crippen LogP contribution in [0.15, 0.2) is 373 Å². The van der Waals surface area contributed by atoms with Crippen molar-refractivity contribution in [2.24, 2.45) is 0 Å². The van der Waals surface area contributed by atoms with Crippen LogP contribution in [-0.4, -0.2) is 18.3 Å². The van der Waals surface area contributed by atoms with Crippen LogP contribution in [0.2, 0.25) is 0 Å². The van der Waals surface area contributed by atoms with Crippen molar-refractivity contribution < 1.29 is 8.83 Å². The van der Waals surface area contributed by atoms with E-state index in [0.717, 1.165) is 84.1 Å². The van der Waals surface area contributed by atoms with Gasteiger partial charge in [0.1, 0.15) is 22.3 Å². The van der Waals surface area contributed by atoms with Gasteiger partial charge in [-0.25, -0.2) is 0 Å². The molecule has 0 aliphatic heterocycles. The fraction of sp³-hybridized carbons (Fsp3) is 0.0196. The highest BCUT2D eigenvalue weighted by molar-refractivity contribution is 6.14. The highest BCUT2D eigenvalue weighted by atomic mass is 16.3. The van der Waals surface area contributed by atoms with E-state index in [1.54, 1.807) is 0 Å². The normalized spacial score (nSPS) is 13.2. The molecule has 1 aliphatic rings. The fourth-order valence-corrected chi connectivity index (χ4v) is 18.1. The summed E-state index contributed by atoms with van der Waals surface area (Å²) in [6.07, 6.45) is 5.71. The van der Waals surface area contributed by atoms with Gasteiger partial charge in [-0.15, -0.1) is 0 Å². The Morgan fingerprint density at radius 2 is 0.528 bits per heavy atom. The van der Waals surface area contributed by atoms with Crippen LogP contribution in [-0.2, 0) is 6.42 Å². The van der Waals surface area contributed by atoms with Gasteiger partial charge in [0.15, 0.2) is 0 Å². The van der Waals surface area contributed by atoms with Crippen molar-refractivity contribution in [1.29, 1.82) is 0 Å². The zero-order chi connectivity index (χ0) is 70.7. The Kier molecular flexibility index (Phi) is 13.2. The molecule has 0 fully saturated rings. The maximum absolute atomic E-state index is 6.19. The first-order valence-corrected chi connectivity index (χ1v) is 37.3. The molecule has 6 heteroatoms. The largest absolute Gasteiger partial charge is 0.456 e. The van der Waals surface area contributed by atoms with Gasteiger partial charge in [-0.2, -0.15) is 0 Å². The van der Waals surface area contributed by atoms with Crippen LogP contribution >= 0.6 is 0 Å². The van der Waals surface area contributed by atoms with E-state index in [1.807, 2.05) is 24.3 Å². The van der Waals surface area contributed by atoms with Crippen molar-refractivity contribution in [3.63, 3.8) is 0 Å². The average Bonchev–Trinajstić information content (AvgIpc) is 1.58. The zero-order valence-electron chi connectivity index (χ0n) is 58.6. The predicted octanol–water partition coefficient (Wildman–Crippen LogP) is 27.4. The Balaban J connectivity index is 0.547. The molecule has 504 valence electrons. The third kappa shape index (κ3) is 9.40. The second-order valence-electron chi connectivity index (χ2n) is 29.1. The molecule has 23 rings (SSSR count). The Bertz CT molecular complexity index is 7560. The molecule has 0 spiro atoms. The van der Waals surface area contributed by atoms with Gasteiger partial charge in [-0.05, 0) is 225 Å². The molecule has 0 amide bonds. The third-order valence-electron chi connectivity index (χ3n) is 23.1. The van der Waals surface area contributed by atoms with Gasteiger partial charge >= 0.3 is 0 Å². The van der Waals surface area contributed by atoms with Crippen molar-refractivity contribution >= 4 is 126 Å². The Hall–Kier alpha value is -14.2. The molecule has 0 saturated carbocycles. The molecule has 1 unspecified atom stereocenters. The molecule has 16 aromatic carbocycles. The monoisotopic (exact) mass is 1380 g/mol. The molecule has 22 aromatic rings. The minimum Gasteiger partial charge on any atom is -0.456 e. The second-order valence-corrected chi connectivity index (χ2v) is 29.1. The summed E-state index contributed by atoms with van der Waals surface area (Å²) in [6.45, 7) is 0. The van der Waals surface area contributed by atoms with Gasteiger partial charge in [-0.1, -0.05) is 218 Å². The molecule has 108 heavy (non-hydrogen) atoms. The van der Waals surface area contributed by atoms with Crippen LogP contribution in [0, 0.1) is 0 Å². The minimum atomic E-state index is 0.184. The zero-order valence-corrected chi connectivity index (χ0v) is 58.6. The van der Waals surface area contributed by atoms with Gasteiger partial charge in [-0.3, -0.25) is 0 Å². The number of furan rings is 2. The molecule has 6 aromatic heterocycles. The number of hydrogen-bond acceptors (Lipinski definition) is 2. The SMILES string of the molecule is C1=CC(c2cccc(-c3ccc4c(c3)c3ccccc3n4-c3cccc(-n4c5ccccc5c5cc(-c6cccc(-c7ccc8oc9ccccc9c8c7)c6)ccc54)c3)c2)Cc2c1n(-c1cccc(-n3c4ccccc4c4cc(-c5cccc(-c6ccc7oc8ccccc8c7c6)c5)ccc43)c1)c1ccccc21. The lowest BCUT2D eigenvalue weighted by molar-refractivity contribution is 0.668. The number of aromatic nitrogens is 4. The van der Waals surface area contributed by atoms with E-state index in [0.29, 0.717) is 0 Å². The molecule has 1 atom stereocenters. The molecule has 0 saturated heterocycles. The van der Waals surface area contributed by atoms with Crippen LogP contribution < -0.4 is 0 Å². The lowest BCUT2D eigenvalue weighted by atomic mass is 9.85. The highest BCUT2D eigenvalue weighted by Gasteiger charge is 2.26. The number of fused-ring (bicyclic) bond motifs is 18. The smallest absolute Gasteiger partial charge is 0.135 e. The van der Waals surface area contributed by atoms with Crippen molar-refractivity contribution in [2.45, 2.75) is 12.3 Å². The van der Waals surface area contributed by atoms with Gasteiger partial charge < -0.3 is 27.1 Å². The quantitative estimate of drug-likeness (QED) is 0.137. The van der Waals surface area contributed by atoms with E-state index >= 15 is 0 Å². The number of rotatable bonds is 10. The first-order valence-electron chi connectivity index (χ1n) is 37.3. The Labute approximate surface area is 621 Å². The Morgan fingerprint density at radius 1 is 0.213 bits per heavy atom. The third-order valence-corrected chi connectivity index (χ3v) is 23.1. The van der Waals surface area contributed by atoms with Crippen LogP contribution in [0.5, 0.6) is 0 Å².